The van der Waals surface area contributed by atoms with Crippen molar-refractivity contribution in [2.75, 3.05) is 22.2 Å². The van der Waals surface area contributed by atoms with Gasteiger partial charge in [0.2, 0.25) is 11.9 Å². The number of hydrogen-bond acceptors (Lipinski definition) is 6. The van der Waals surface area contributed by atoms with E-state index in [0.29, 0.717) is 21.8 Å². The third kappa shape index (κ3) is 5.86. The van der Waals surface area contributed by atoms with E-state index in [-0.39, 0.29) is 11.5 Å². The Morgan fingerprint density at radius 3 is 2.25 bits per heavy atom. The number of nitrogens with zero attached hydrogens (tertiary/aromatic N) is 3. The van der Waals surface area contributed by atoms with Gasteiger partial charge in [0.15, 0.2) is 5.16 Å². The second kappa shape index (κ2) is 7.67. The van der Waals surface area contributed by atoms with Gasteiger partial charge in [-0.15, -0.1) is 0 Å². The molecule has 0 saturated heterocycles. The fourth-order valence-corrected chi connectivity index (χ4v) is 2.17. The zero-order chi connectivity index (χ0) is 17.7. The van der Waals surface area contributed by atoms with Crippen LogP contribution < -0.4 is 16.0 Å². The van der Waals surface area contributed by atoms with Gasteiger partial charge >= 0.3 is 6.03 Å². The molecule has 0 fully saturated rings. The van der Waals surface area contributed by atoms with Gasteiger partial charge in [0.25, 0.3) is 0 Å². The maximum absolute atomic E-state index is 12.1. The van der Waals surface area contributed by atoms with Crippen molar-refractivity contribution in [3.8, 4) is 0 Å². The van der Waals surface area contributed by atoms with Crippen molar-refractivity contribution >= 4 is 47.0 Å². The van der Waals surface area contributed by atoms with Gasteiger partial charge in [-0.05, 0) is 51.3 Å². The summed E-state index contributed by atoms with van der Waals surface area (Å²) < 4.78 is 0. The fourth-order valence-electron chi connectivity index (χ4n) is 1.69. The van der Waals surface area contributed by atoms with E-state index in [0.717, 1.165) is 0 Å². The number of amides is 2. The van der Waals surface area contributed by atoms with E-state index < -0.39 is 6.03 Å². The molecule has 0 aliphatic rings. The minimum absolute atomic E-state index is 0.174. The number of aromatic nitrogens is 3. The third-order valence-electron chi connectivity index (χ3n) is 2.61. The minimum atomic E-state index is -0.447. The summed E-state index contributed by atoms with van der Waals surface area (Å²) in [6, 6.07) is 6.34. The number of nitrogens with one attached hydrogen (secondary N) is 3. The number of rotatable bonds is 4. The molecule has 1 heterocycles. The standard InChI is InChI=1S/C15H19ClN6OS/c1-15(2,3)22-12-18-11(20-14(21-12)24-4)19-13(23)17-10-7-5-9(16)6-8-10/h5-8H,1-4H3,(H3,17,18,19,20,21,22,23). The Labute approximate surface area is 150 Å². The number of halogens is 1. The first-order valence-electron chi connectivity index (χ1n) is 7.17. The lowest BCUT2D eigenvalue weighted by molar-refractivity contribution is 0.262. The molecule has 0 aliphatic carbocycles. The smallest absolute Gasteiger partial charge is 0.326 e. The lowest BCUT2D eigenvalue weighted by atomic mass is 10.1. The van der Waals surface area contributed by atoms with Gasteiger partial charge in [0.1, 0.15) is 0 Å². The SMILES string of the molecule is CSc1nc(NC(=O)Nc2ccc(Cl)cc2)nc(NC(C)(C)C)n1. The Bertz CT molecular complexity index is 717. The molecule has 0 spiro atoms. The first kappa shape index (κ1) is 18.3. The zero-order valence-electron chi connectivity index (χ0n) is 13.8. The summed E-state index contributed by atoms with van der Waals surface area (Å²) in [5, 5.41) is 9.57. The van der Waals surface area contributed by atoms with Crippen molar-refractivity contribution < 1.29 is 4.79 Å². The number of carbonyl (C=O) groups excluding carboxylic acids is 1. The summed E-state index contributed by atoms with van der Waals surface area (Å²) >= 11 is 7.18. The van der Waals surface area contributed by atoms with Crippen LogP contribution in [0.1, 0.15) is 20.8 Å². The summed E-state index contributed by atoms with van der Waals surface area (Å²) in [7, 11) is 0. The highest BCUT2D eigenvalue weighted by Crippen LogP contribution is 2.17. The molecule has 24 heavy (non-hydrogen) atoms. The van der Waals surface area contributed by atoms with E-state index in [9.17, 15) is 4.79 Å². The Hall–Kier alpha value is -2.06. The van der Waals surface area contributed by atoms with Crippen LogP contribution in [0.5, 0.6) is 0 Å². The first-order valence-corrected chi connectivity index (χ1v) is 8.77. The molecule has 1 aromatic heterocycles. The number of hydrogen-bond donors (Lipinski definition) is 3. The van der Waals surface area contributed by atoms with Crippen LogP contribution in [0.2, 0.25) is 5.02 Å². The normalized spacial score (nSPS) is 11.0. The maximum atomic E-state index is 12.1. The third-order valence-corrected chi connectivity index (χ3v) is 3.41. The van der Waals surface area contributed by atoms with Crippen molar-refractivity contribution in [3.63, 3.8) is 0 Å². The molecule has 0 bridgehead atoms. The van der Waals surface area contributed by atoms with Crippen LogP contribution in [-0.2, 0) is 0 Å². The lowest BCUT2D eigenvalue weighted by Crippen LogP contribution is -2.28. The zero-order valence-corrected chi connectivity index (χ0v) is 15.4. The highest BCUT2D eigenvalue weighted by molar-refractivity contribution is 7.98. The number of anilines is 3. The van der Waals surface area contributed by atoms with Crippen LogP contribution in [0.15, 0.2) is 29.4 Å². The first-order chi connectivity index (χ1) is 11.2. The number of benzene rings is 1. The number of carbonyl (C=O) groups is 1. The molecule has 0 atom stereocenters. The van der Waals surface area contributed by atoms with Crippen LogP contribution in [0.3, 0.4) is 0 Å². The van der Waals surface area contributed by atoms with Gasteiger partial charge in [-0.2, -0.15) is 15.0 Å². The molecule has 2 aromatic rings. The molecule has 1 aromatic carbocycles. The van der Waals surface area contributed by atoms with Crippen LogP contribution in [0.4, 0.5) is 22.4 Å². The van der Waals surface area contributed by atoms with E-state index in [1.54, 1.807) is 24.3 Å². The van der Waals surface area contributed by atoms with Crippen LogP contribution in [-0.4, -0.2) is 32.8 Å². The van der Waals surface area contributed by atoms with Gasteiger partial charge in [0, 0.05) is 16.2 Å². The summed E-state index contributed by atoms with van der Waals surface area (Å²) in [6.07, 6.45) is 1.85. The molecule has 0 aliphatic heterocycles. The average molecular weight is 367 g/mol. The number of thioether (sulfide) groups is 1. The summed E-state index contributed by atoms with van der Waals surface area (Å²) in [4.78, 5) is 24.8. The quantitative estimate of drug-likeness (QED) is 0.705. The van der Waals surface area contributed by atoms with Gasteiger partial charge in [-0.3, -0.25) is 5.32 Å². The maximum Gasteiger partial charge on any atom is 0.326 e. The Kier molecular flexibility index (Phi) is 5.84. The predicted octanol–water partition coefficient (Wildman–Crippen LogP) is 4.10. The van der Waals surface area contributed by atoms with Gasteiger partial charge in [-0.25, -0.2) is 4.79 Å². The molecule has 2 amide bonds. The van der Waals surface area contributed by atoms with Crippen molar-refractivity contribution in [2.24, 2.45) is 0 Å². The second-order valence-electron chi connectivity index (χ2n) is 5.93. The Balaban J connectivity index is 2.11. The average Bonchev–Trinajstić information content (AvgIpc) is 2.47. The van der Waals surface area contributed by atoms with E-state index in [1.807, 2.05) is 27.0 Å². The molecule has 3 N–H and O–H groups in total. The van der Waals surface area contributed by atoms with Crippen molar-refractivity contribution in [3.05, 3.63) is 29.3 Å². The van der Waals surface area contributed by atoms with Crippen molar-refractivity contribution in [2.45, 2.75) is 31.5 Å². The van der Waals surface area contributed by atoms with E-state index in [1.165, 1.54) is 11.8 Å². The van der Waals surface area contributed by atoms with Gasteiger partial charge in [-0.1, -0.05) is 23.4 Å². The summed E-state index contributed by atoms with van der Waals surface area (Å²) in [5.74, 6) is 0.580. The van der Waals surface area contributed by atoms with E-state index >= 15 is 0 Å². The Morgan fingerprint density at radius 1 is 1.04 bits per heavy atom. The molecular weight excluding hydrogens is 348 g/mol. The molecule has 0 unspecified atom stereocenters. The van der Waals surface area contributed by atoms with Gasteiger partial charge in [0.05, 0.1) is 0 Å². The highest BCUT2D eigenvalue weighted by atomic mass is 35.5. The van der Waals surface area contributed by atoms with Crippen LogP contribution in [0.25, 0.3) is 0 Å². The topological polar surface area (TPSA) is 91.8 Å². The van der Waals surface area contributed by atoms with E-state index in [4.69, 9.17) is 11.6 Å². The van der Waals surface area contributed by atoms with E-state index in [2.05, 4.69) is 30.9 Å². The largest absolute Gasteiger partial charge is 0.349 e. The van der Waals surface area contributed by atoms with Gasteiger partial charge < -0.3 is 10.6 Å². The molecule has 7 nitrogen and oxygen atoms in total. The van der Waals surface area contributed by atoms with Crippen molar-refractivity contribution in [1.82, 2.24) is 15.0 Å². The number of urea groups is 1. The molecule has 128 valence electrons. The lowest BCUT2D eigenvalue weighted by Gasteiger charge is -2.20. The fraction of sp³-hybridized carbons (Fsp3) is 0.333. The highest BCUT2D eigenvalue weighted by Gasteiger charge is 2.15. The predicted molar refractivity (Wildman–Crippen MR) is 99.1 cm³/mol. The van der Waals surface area contributed by atoms with Crippen LogP contribution in [0, 0.1) is 0 Å². The molecule has 9 heteroatoms. The molecule has 0 saturated carbocycles. The second-order valence-corrected chi connectivity index (χ2v) is 7.14. The molecule has 2 rings (SSSR count). The Morgan fingerprint density at radius 2 is 1.67 bits per heavy atom. The molecular formula is C15H19ClN6OS. The van der Waals surface area contributed by atoms with Crippen molar-refractivity contribution in [1.29, 1.82) is 0 Å². The van der Waals surface area contributed by atoms with Crippen LogP contribution >= 0.6 is 23.4 Å². The summed E-state index contributed by atoms with van der Waals surface area (Å²) in [5.41, 5.74) is 0.406. The summed E-state index contributed by atoms with van der Waals surface area (Å²) in [6.45, 7) is 5.99. The molecule has 0 radical (unpaired) electrons. The monoisotopic (exact) mass is 366 g/mol. The minimum Gasteiger partial charge on any atom is -0.349 e.